The molecule has 0 saturated carbocycles. The number of nitrogens with zero attached hydrogens (tertiary/aromatic N) is 3. The zero-order valence-corrected chi connectivity index (χ0v) is 15.8. The SMILES string of the molecule is CSc1nc(NC(C)c2ccccc2)c(C#N)c(-c2ccc(C)cc2)n1. The summed E-state index contributed by atoms with van der Waals surface area (Å²) >= 11 is 1.47. The second-order valence-electron chi connectivity index (χ2n) is 6.04. The Bertz CT molecular complexity index is 931. The van der Waals surface area contributed by atoms with Gasteiger partial charge < -0.3 is 5.32 Å². The van der Waals surface area contributed by atoms with Gasteiger partial charge in [0.2, 0.25) is 0 Å². The predicted molar refractivity (Wildman–Crippen MR) is 107 cm³/mol. The molecule has 0 spiro atoms. The fourth-order valence-corrected chi connectivity index (χ4v) is 3.06. The third-order valence-electron chi connectivity index (χ3n) is 4.16. The number of anilines is 1. The fraction of sp³-hybridized carbons (Fsp3) is 0.190. The maximum Gasteiger partial charge on any atom is 0.189 e. The van der Waals surface area contributed by atoms with Crippen LogP contribution in [0.5, 0.6) is 0 Å². The Morgan fingerprint density at radius 3 is 2.35 bits per heavy atom. The standard InChI is InChI=1S/C21H20N4S/c1-14-9-11-17(12-10-14)19-18(13-22)20(25-21(24-19)26-3)23-15(2)16-7-5-4-6-8-16/h4-12,15H,1-3H3,(H,23,24,25). The molecule has 1 aromatic heterocycles. The molecule has 0 fully saturated rings. The summed E-state index contributed by atoms with van der Waals surface area (Å²) in [5, 5.41) is 13.8. The van der Waals surface area contributed by atoms with E-state index < -0.39 is 0 Å². The number of rotatable bonds is 5. The van der Waals surface area contributed by atoms with Crippen LogP contribution < -0.4 is 5.32 Å². The highest BCUT2D eigenvalue weighted by atomic mass is 32.2. The van der Waals surface area contributed by atoms with Gasteiger partial charge in [0, 0.05) is 11.6 Å². The highest BCUT2D eigenvalue weighted by Crippen LogP contribution is 2.30. The van der Waals surface area contributed by atoms with Crippen molar-refractivity contribution in [2.45, 2.75) is 25.0 Å². The second kappa shape index (κ2) is 8.03. The van der Waals surface area contributed by atoms with E-state index in [9.17, 15) is 5.26 Å². The normalized spacial score (nSPS) is 11.6. The van der Waals surface area contributed by atoms with Gasteiger partial charge in [0.15, 0.2) is 5.16 Å². The summed E-state index contributed by atoms with van der Waals surface area (Å²) in [6.45, 7) is 4.10. The Morgan fingerprint density at radius 1 is 1.04 bits per heavy atom. The topological polar surface area (TPSA) is 61.6 Å². The maximum absolute atomic E-state index is 9.79. The average Bonchev–Trinajstić information content (AvgIpc) is 2.68. The minimum Gasteiger partial charge on any atom is -0.362 e. The van der Waals surface area contributed by atoms with Gasteiger partial charge in [-0.15, -0.1) is 0 Å². The number of nitrogens with one attached hydrogen (secondary N) is 1. The van der Waals surface area contributed by atoms with E-state index in [0.717, 1.165) is 11.1 Å². The van der Waals surface area contributed by atoms with Crippen molar-refractivity contribution in [2.24, 2.45) is 0 Å². The van der Waals surface area contributed by atoms with Crippen molar-refractivity contribution < 1.29 is 0 Å². The highest BCUT2D eigenvalue weighted by molar-refractivity contribution is 7.98. The molecule has 130 valence electrons. The molecule has 5 heteroatoms. The lowest BCUT2D eigenvalue weighted by molar-refractivity contribution is 0.854. The summed E-state index contributed by atoms with van der Waals surface area (Å²) in [4.78, 5) is 9.14. The molecule has 26 heavy (non-hydrogen) atoms. The molecule has 1 heterocycles. The van der Waals surface area contributed by atoms with Crippen LogP contribution in [0.4, 0.5) is 5.82 Å². The van der Waals surface area contributed by atoms with Crippen molar-refractivity contribution >= 4 is 17.6 Å². The molecular formula is C21H20N4S. The molecule has 0 aliphatic heterocycles. The van der Waals surface area contributed by atoms with Gasteiger partial charge in [0.25, 0.3) is 0 Å². The molecule has 1 atom stereocenters. The summed E-state index contributed by atoms with van der Waals surface area (Å²) in [5.41, 5.74) is 4.35. The zero-order valence-electron chi connectivity index (χ0n) is 15.0. The van der Waals surface area contributed by atoms with Gasteiger partial charge in [-0.1, -0.05) is 71.9 Å². The number of thioether (sulfide) groups is 1. The smallest absolute Gasteiger partial charge is 0.189 e. The van der Waals surface area contributed by atoms with Crippen molar-refractivity contribution in [3.63, 3.8) is 0 Å². The van der Waals surface area contributed by atoms with Crippen molar-refractivity contribution in [1.29, 1.82) is 5.26 Å². The lowest BCUT2D eigenvalue weighted by Gasteiger charge is -2.17. The molecule has 0 radical (unpaired) electrons. The minimum atomic E-state index is 0.0266. The first-order valence-electron chi connectivity index (χ1n) is 8.37. The van der Waals surface area contributed by atoms with Crippen molar-refractivity contribution in [3.8, 4) is 17.3 Å². The van der Waals surface area contributed by atoms with E-state index >= 15 is 0 Å². The van der Waals surface area contributed by atoms with Crippen molar-refractivity contribution in [1.82, 2.24) is 9.97 Å². The second-order valence-corrected chi connectivity index (χ2v) is 6.81. The average molecular weight is 360 g/mol. The summed E-state index contributed by atoms with van der Waals surface area (Å²) < 4.78 is 0. The summed E-state index contributed by atoms with van der Waals surface area (Å²) in [7, 11) is 0. The van der Waals surface area contributed by atoms with Crippen LogP contribution in [0, 0.1) is 18.3 Å². The van der Waals surface area contributed by atoms with Gasteiger partial charge in [-0.2, -0.15) is 5.26 Å². The third-order valence-corrected chi connectivity index (χ3v) is 4.71. The molecule has 4 nitrogen and oxygen atoms in total. The van der Waals surface area contributed by atoms with Crippen molar-refractivity contribution in [3.05, 3.63) is 71.3 Å². The van der Waals surface area contributed by atoms with Gasteiger partial charge in [0.05, 0.1) is 5.69 Å². The quantitative estimate of drug-likeness (QED) is 0.499. The Morgan fingerprint density at radius 2 is 1.73 bits per heavy atom. The minimum absolute atomic E-state index is 0.0266. The molecule has 0 bridgehead atoms. The number of benzene rings is 2. The third kappa shape index (κ3) is 3.87. The lowest BCUT2D eigenvalue weighted by Crippen LogP contribution is -2.11. The molecule has 0 saturated heterocycles. The first kappa shape index (κ1) is 18.0. The van der Waals surface area contributed by atoms with Crippen LogP contribution in [0.25, 0.3) is 11.3 Å². The molecular weight excluding hydrogens is 340 g/mol. The van der Waals surface area contributed by atoms with Crippen LogP contribution in [0.1, 0.15) is 29.7 Å². The first-order chi connectivity index (χ1) is 12.6. The summed E-state index contributed by atoms with van der Waals surface area (Å²) in [6.07, 6.45) is 1.94. The van der Waals surface area contributed by atoms with Crippen LogP contribution in [-0.4, -0.2) is 16.2 Å². The molecule has 3 aromatic rings. The van der Waals surface area contributed by atoms with Gasteiger partial charge in [-0.25, -0.2) is 9.97 Å². The number of nitriles is 1. The van der Waals surface area contributed by atoms with E-state index in [1.165, 1.54) is 17.3 Å². The summed E-state index contributed by atoms with van der Waals surface area (Å²) in [5.74, 6) is 0.568. The maximum atomic E-state index is 9.79. The zero-order chi connectivity index (χ0) is 18.5. The monoisotopic (exact) mass is 360 g/mol. The van der Waals surface area contributed by atoms with E-state index in [1.807, 2.05) is 55.6 Å². The largest absolute Gasteiger partial charge is 0.362 e. The van der Waals surface area contributed by atoms with Gasteiger partial charge >= 0.3 is 0 Å². The number of hydrogen-bond acceptors (Lipinski definition) is 5. The summed E-state index contributed by atoms with van der Waals surface area (Å²) in [6, 6.07) is 20.5. The molecule has 2 aromatic carbocycles. The van der Waals surface area contributed by atoms with Gasteiger partial charge in [0.1, 0.15) is 17.5 Å². The Balaban J connectivity index is 2.06. The van der Waals surface area contributed by atoms with Crippen LogP contribution in [0.2, 0.25) is 0 Å². The molecule has 3 rings (SSSR count). The van der Waals surface area contributed by atoms with Crippen LogP contribution in [0.3, 0.4) is 0 Å². The van der Waals surface area contributed by atoms with Crippen molar-refractivity contribution in [2.75, 3.05) is 11.6 Å². The molecule has 0 aliphatic rings. The molecule has 0 aliphatic carbocycles. The van der Waals surface area contributed by atoms with Gasteiger partial charge in [-0.3, -0.25) is 0 Å². The van der Waals surface area contributed by atoms with E-state index in [0.29, 0.717) is 22.2 Å². The first-order valence-corrected chi connectivity index (χ1v) is 9.59. The Kier molecular flexibility index (Phi) is 5.55. The number of hydrogen-bond donors (Lipinski definition) is 1. The lowest BCUT2D eigenvalue weighted by atomic mass is 10.0. The van der Waals surface area contributed by atoms with Gasteiger partial charge in [-0.05, 0) is 25.7 Å². The van der Waals surface area contributed by atoms with E-state index in [2.05, 4.69) is 40.4 Å². The fourth-order valence-electron chi connectivity index (χ4n) is 2.69. The predicted octanol–water partition coefficient (Wildman–Crippen LogP) is 5.22. The molecule has 1 N–H and O–H groups in total. The highest BCUT2D eigenvalue weighted by Gasteiger charge is 2.17. The van der Waals surface area contributed by atoms with E-state index in [1.54, 1.807) is 0 Å². The van der Waals surface area contributed by atoms with Crippen LogP contribution in [-0.2, 0) is 0 Å². The van der Waals surface area contributed by atoms with Crippen LogP contribution >= 0.6 is 11.8 Å². The van der Waals surface area contributed by atoms with E-state index in [4.69, 9.17) is 0 Å². The molecule has 0 amide bonds. The number of aromatic nitrogens is 2. The Hall–Kier alpha value is -2.84. The van der Waals surface area contributed by atoms with E-state index in [-0.39, 0.29) is 6.04 Å². The van der Waals surface area contributed by atoms with Crippen LogP contribution in [0.15, 0.2) is 59.8 Å². The Labute approximate surface area is 158 Å². The molecule has 1 unspecified atom stereocenters. The number of aryl methyl sites for hydroxylation is 1.